The third-order valence-corrected chi connectivity index (χ3v) is 1.78. The van der Waals surface area contributed by atoms with E-state index >= 15 is 0 Å². The van der Waals surface area contributed by atoms with Crippen molar-refractivity contribution in [1.29, 1.82) is 0 Å². The minimum Gasteiger partial charge on any atom is -0.388 e. The maximum absolute atomic E-state index is 9.24. The fraction of sp³-hybridized carbons (Fsp3) is 1.00. The molecular weight excluding hydrogens is 132 g/mol. The van der Waals surface area contributed by atoms with Crippen molar-refractivity contribution in [1.82, 2.24) is 0 Å². The molecule has 1 rings (SSSR count). The molecule has 0 spiro atoms. The van der Waals surface area contributed by atoms with E-state index in [2.05, 4.69) is 0 Å². The molecule has 1 heterocycles. The van der Waals surface area contributed by atoms with Gasteiger partial charge in [0, 0.05) is 7.11 Å². The van der Waals surface area contributed by atoms with Crippen molar-refractivity contribution in [2.24, 2.45) is 0 Å². The van der Waals surface area contributed by atoms with Gasteiger partial charge in [-0.15, -0.1) is 0 Å². The minimum atomic E-state index is -0.443. The highest BCUT2D eigenvalue weighted by Gasteiger charge is 2.26. The monoisotopic (exact) mass is 146 g/mol. The Bertz CT molecular complexity index is 105. The first-order chi connectivity index (χ1) is 4.74. The van der Waals surface area contributed by atoms with E-state index in [-0.39, 0.29) is 6.10 Å². The molecular formula is C7H14O3. The zero-order valence-electron chi connectivity index (χ0n) is 6.41. The average molecular weight is 146 g/mol. The maximum Gasteiger partial charge on any atom is 0.183 e. The number of aliphatic hydroxyl groups excluding tert-OH is 1. The van der Waals surface area contributed by atoms with E-state index in [4.69, 9.17) is 9.47 Å². The lowest BCUT2D eigenvalue weighted by atomic mass is 10.1. The molecule has 1 N–H and O–H groups in total. The normalized spacial score (nSPS) is 41.7. The van der Waals surface area contributed by atoms with Gasteiger partial charge in [0.25, 0.3) is 0 Å². The third-order valence-electron chi connectivity index (χ3n) is 1.78. The van der Waals surface area contributed by atoms with Crippen LogP contribution in [0.1, 0.15) is 19.8 Å². The first-order valence-corrected chi connectivity index (χ1v) is 3.60. The molecule has 1 saturated heterocycles. The average Bonchev–Trinajstić information content (AvgIpc) is 1.94. The number of methoxy groups -OCH3 is 1. The highest BCUT2D eigenvalue weighted by molar-refractivity contribution is 4.69. The summed E-state index contributed by atoms with van der Waals surface area (Å²) in [6.07, 6.45) is 1.05. The Balaban J connectivity index is 2.38. The quantitative estimate of drug-likeness (QED) is 0.586. The topological polar surface area (TPSA) is 38.7 Å². The van der Waals surface area contributed by atoms with Gasteiger partial charge in [0.15, 0.2) is 6.29 Å². The van der Waals surface area contributed by atoms with Gasteiger partial charge in [-0.1, -0.05) is 0 Å². The lowest BCUT2D eigenvalue weighted by Crippen LogP contribution is -2.38. The highest BCUT2D eigenvalue weighted by atomic mass is 16.7. The molecule has 0 saturated carbocycles. The second-order valence-corrected chi connectivity index (χ2v) is 2.70. The standard InChI is InChI=1S/C7H14O3/c1-5-3-4-6(8)7(9-2)10-5/h5-8H,3-4H2,1-2H3/t5-,6?,7?/m0/s1. The van der Waals surface area contributed by atoms with Crippen molar-refractivity contribution in [2.75, 3.05) is 7.11 Å². The number of ether oxygens (including phenoxy) is 2. The first-order valence-electron chi connectivity index (χ1n) is 3.60. The van der Waals surface area contributed by atoms with Gasteiger partial charge in [-0.2, -0.15) is 0 Å². The largest absolute Gasteiger partial charge is 0.388 e. The van der Waals surface area contributed by atoms with Crippen LogP contribution in [0.5, 0.6) is 0 Å². The smallest absolute Gasteiger partial charge is 0.183 e. The number of hydrogen-bond donors (Lipinski definition) is 1. The predicted molar refractivity (Wildman–Crippen MR) is 36.6 cm³/mol. The van der Waals surface area contributed by atoms with Crippen LogP contribution >= 0.6 is 0 Å². The summed E-state index contributed by atoms with van der Waals surface area (Å²) in [5.41, 5.74) is 0. The molecule has 0 amide bonds. The zero-order valence-corrected chi connectivity index (χ0v) is 6.41. The highest BCUT2D eigenvalue weighted by Crippen LogP contribution is 2.19. The summed E-state index contributed by atoms with van der Waals surface area (Å²) in [6, 6.07) is 0. The Hall–Kier alpha value is -0.120. The van der Waals surface area contributed by atoms with E-state index in [1.807, 2.05) is 6.92 Å². The molecule has 0 radical (unpaired) electrons. The van der Waals surface area contributed by atoms with E-state index in [1.165, 1.54) is 0 Å². The van der Waals surface area contributed by atoms with Crippen LogP contribution in [0.4, 0.5) is 0 Å². The molecule has 1 aliphatic rings. The van der Waals surface area contributed by atoms with Gasteiger partial charge in [-0.25, -0.2) is 0 Å². The Labute approximate surface area is 60.9 Å². The first kappa shape index (κ1) is 7.98. The fourth-order valence-corrected chi connectivity index (χ4v) is 1.14. The summed E-state index contributed by atoms with van der Waals surface area (Å²) in [5.74, 6) is 0. The van der Waals surface area contributed by atoms with Crippen LogP contribution in [-0.2, 0) is 9.47 Å². The molecule has 10 heavy (non-hydrogen) atoms. The molecule has 3 heteroatoms. The van der Waals surface area contributed by atoms with Gasteiger partial charge in [0.1, 0.15) is 6.10 Å². The maximum atomic E-state index is 9.24. The number of aliphatic hydroxyl groups is 1. The van der Waals surface area contributed by atoms with Gasteiger partial charge in [0.05, 0.1) is 6.10 Å². The third kappa shape index (κ3) is 1.68. The second kappa shape index (κ2) is 3.32. The van der Waals surface area contributed by atoms with Crippen LogP contribution in [0.15, 0.2) is 0 Å². The summed E-state index contributed by atoms with van der Waals surface area (Å²) in [4.78, 5) is 0. The van der Waals surface area contributed by atoms with E-state index in [9.17, 15) is 5.11 Å². The Kier molecular flexibility index (Phi) is 2.65. The molecule has 3 nitrogen and oxygen atoms in total. The van der Waals surface area contributed by atoms with Crippen molar-refractivity contribution in [3.63, 3.8) is 0 Å². The molecule has 0 aromatic carbocycles. The molecule has 1 fully saturated rings. The van der Waals surface area contributed by atoms with Crippen LogP contribution < -0.4 is 0 Å². The summed E-state index contributed by atoms with van der Waals surface area (Å²) in [6.45, 7) is 1.98. The number of hydrogen-bond acceptors (Lipinski definition) is 3. The summed E-state index contributed by atoms with van der Waals surface area (Å²) >= 11 is 0. The van der Waals surface area contributed by atoms with Gasteiger partial charge >= 0.3 is 0 Å². The molecule has 0 aliphatic carbocycles. The van der Waals surface area contributed by atoms with Crippen LogP contribution in [0.2, 0.25) is 0 Å². The van der Waals surface area contributed by atoms with Crippen molar-refractivity contribution in [2.45, 2.75) is 38.3 Å². The van der Waals surface area contributed by atoms with Gasteiger partial charge in [-0.3, -0.25) is 0 Å². The Morgan fingerprint density at radius 3 is 2.70 bits per heavy atom. The van der Waals surface area contributed by atoms with Crippen LogP contribution in [0.25, 0.3) is 0 Å². The molecule has 0 bridgehead atoms. The fourth-order valence-electron chi connectivity index (χ4n) is 1.14. The summed E-state index contributed by atoms with van der Waals surface area (Å²) < 4.78 is 10.2. The van der Waals surface area contributed by atoms with Crippen molar-refractivity contribution < 1.29 is 14.6 Å². The molecule has 60 valence electrons. The van der Waals surface area contributed by atoms with E-state index < -0.39 is 12.4 Å². The van der Waals surface area contributed by atoms with Crippen molar-refractivity contribution in [3.8, 4) is 0 Å². The Morgan fingerprint density at radius 1 is 1.50 bits per heavy atom. The van der Waals surface area contributed by atoms with Gasteiger partial charge < -0.3 is 14.6 Å². The molecule has 3 atom stereocenters. The van der Waals surface area contributed by atoms with Crippen molar-refractivity contribution in [3.05, 3.63) is 0 Å². The molecule has 2 unspecified atom stereocenters. The SMILES string of the molecule is COC1O[C@@H](C)CCC1O. The predicted octanol–water partition coefficient (Wildman–Crippen LogP) is 0.519. The summed E-state index contributed by atoms with van der Waals surface area (Å²) in [7, 11) is 1.55. The van der Waals surface area contributed by atoms with E-state index in [0.717, 1.165) is 12.8 Å². The second-order valence-electron chi connectivity index (χ2n) is 2.70. The van der Waals surface area contributed by atoms with Crippen LogP contribution in [0.3, 0.4) is 0 Å². The molecule has 0 aromatic heterocycles. The molecule has 0 aromatic rings. The lowest BCUT2D eigenvalue weighted by molar-refractivity contribution is -0.224. The minimum absolute atomic E-state index is 0.216. The van der Waals surface area contributed by atoms with Crippen molar-refractivity contribution >= 4 is 0 Å². The van der Waals surface area contributed by atoms with Gasteiger partial charge in [-0.05, 0) is 19.8 Å². The number of rotatable bonds is 1. The van der Waals surface area contributed by atoms with Crippen LogP contribution in [0, 0.1) is 0 Å². The van der Waals surface area contributed by atoms with Crippen LogP contribution in [-0.4, -0.2) is 30.7 Å². The Morgan fingerprint density at radius 2 is 2.20 bits per heavy atom. The van der Waals surface area contributed by atoms with E-state index in [1.54, 1.807) is 7.11 Å². The zero-order chi connectivity index (χ0) is 7.56. The van der Waals surface area contributed by atoms with E-state index in [0.29, 0.717) is 0 Å². The summed E-state index contributed by atoms with van der Waals surface area (Å²) in [5, 5.41) is 9.24. The molecule has 1 aliphatic heterocycles. The van der Waals surface area contributed by atoms with Gasteiger partial charge in [0.2, 0.25) is 0 Å². The lowest BCUT2D eigenvalue weighted by Gasteiger charge is -2.30.